The molecule has 4 heteroatoms. The number of carbonyl (C=O) groups excluding carboxylic acids is 1. The lowest BCUT2D eigenvalue weighted by Gasteiger charge is -2.15. The molecule has 0 bridgehead atoms. The molecule has 0 aliphatic carbocycles. The molecule has 0 saturated carbocycles. The molecule has 1 N–H and O–H groups in total. The highest BCUT2D eigenvalue weighted by molar-refractivity contribution is 9.10. The summed E-state index contributed by atoms with van der Waals surface area (Å²) in [6.45, 7) is 5.65. The Kier molecular flexibility index (Phi) is 5.61. The first-order valence-corrected chi connectivity index (χ1v) is 6.56. The SMILES string of the molecule is CC(C)C(Br)C(=O)NCCC1CCCO1. The maximum absolute atomic E-state index is 11.6. The van der Waals surface area contributed by atoms with Crippen LogP contribution in [0.3, 0.4) is 0 Å². The van der Waals surface area contributed by atoms with Crippen molar-refractivity contribution in [2.24, 2.45) is 5.92 Å². The molecule has 1 aliphatic rings. The first-order valence-electron chi connectivity index (χ1n) is 5.64. The highest BCUT2D eigenvalue weighted by Gasteiger charge is 2.19. The van der Waals surface area contributed by atoms with Gasteiger partial charge in [-0.15, -0.1) is 0 Å². The molecule has 0 aromatic rings. The summed E-state index contributed by atoms with van der Waals surface area (Å²) >= 11 is 3.38. The molecular formula is C11H20BrNO2. The summed E-state index contributed by atoms with van der Waals surface area (Å²) in [7, 11) is 0. The molecule has 88 valence electrons. The van der Waals surface area contributed by atoms with Gasteiger partial charge in [0.25, 0.3) is 0 Å². The van der Waals surface area contributed by atoms with E-state index in [2.05, 4.69) is 21.2 Å². The molecular weight excluding hydrogens is 258 g/mol. The molecule has 0 spiro atoms. The van der Waals surface area contributed by atoms with E-state index in [1.165, 1.54) is 0 Å². The van der Waals surface area contributed by atoms with E-state index in [4.69, 9.17) is 4.74 Å². The topological polar surface area (TPSA) is 38.3 Å². The molecule has 1 fully saturated rings. The van der Waals surface area contributed by atoms with Crippen molar-refractivity contribution < 1.29 is 9.53 Å². The fourth-order valence-corrected chi connectivity index (χ4v) is 1.79. The van der Waals surface area contributed by atoms with Gasteiger partial charge in [0.15, 0.2) is 0 Å². The van der Waals surface area contributed by atoms with E-state index < -0.39 is 0 Å². The van der Waals surface area contributed by atoms with Gasteiger partial charge in [0, 0.05) is 13.2 Å². The zero-order valence-electron chi connectivity index (χ0n) is 9.46. The van der Waals surface area contributed by atoms with Gasteiger partial charge in [-0.1, -0.05) is 29.8 Å². The molecule has 2 unspecified atom stereocenters. The molecule has 2 atom stereocenters. The Hall–Kier alpha value is -0.0900. The lowest BCUT2D eigenvalue weighted by Crippen LogP contribution is -2.35. The smallest absolute Gasteiger partial charge is 0.234 e. The summed E-state index contributed by atoms with van der Waals surface area (Å²) in [4.78, 5) is 11.5. The normalized spacial score (nSPS) is 23.1. The Morgan fingerprint density at radius 1 is 1.60 bits per heavy atom. The molecule has 0 aromatic carbocycles. The standard InChI is InChI=1S/C11H20BrNO2/c1-8(2)10(12)11(14)13-6-5-9-4-3-7-15-9/h8-10H,3-7H2,1-2H3,(H,13,14). The number of hydrogen-bond acceptors (Lipinski definition) is 2. The zero-order chi connectivity index (χ0) is 11.3. The number of carbonyl (C=O) groups is 1. The van der Waals surface area contributed by atoms with E-state index in [1.807, 2.05) is 13.8 Å². The summed E-state index contributed by atoms with van der Waals surface area (Å²) in [6, 6.07) is 0. The van der Waals surface area contributed by atoms with Gasteiger partial charge in [0.2, 0.25) is 5.91 Å². The molecule has 1 amide bonds. The monoisotopic (exact) mass is 277 g/mol. The number of alkyl halides is 1. The average molecular weight is 278 g/mol. The Morgan fingerprint density at radius 2 is 2.33 bits per heavy atom. The average Bonchev–Trinajstić information content (AvgIpc) is 2.69. The fraction of sp³-hybridized carbons (Fsp3) is 0.909. The van der Waals surface area contributed by atoms with E-state index in [9.17, 15) is 4.79 Å². The quantitative estimate of drug-likeness (QED) is 0.782. The van der Waals surface area contributed by atoms with Crippen molar-refractivity contribution >= 4 is 21.8 Å². The maximum Gasteiger partial charge on any atom is 0.234 e. The molecule has 1 rings (SSSR count). The number of rotatable bonds is 5. The Morgan fingerprint density at radius 3 is 2.87 bits per heavy atom. The molecule has 1 heterocycles. The van der Waals surface area contributed by atoms with Crippen molar-refractivity contribution in [1.29, 1.82) is 0 Å². The minimum atomic E-state index is -0.0815. The first-order chi connectivity index (χ1) is 7.11. The molecule has 0 radical (unpaired) electrons. The van der Waals surface area contributed by atoms with Crippen molar-refractivity contribution in [1.82, 2.24) is 5.32 Å². The van der Waals surface area contributed by atoms with Gasteiger partial charge in [-0.2, -0.15) is 0 Å². The Labute approximate surface area is 100 Å². The van der Waals surface area contributed by atoms with E-state index in [0.717, 1.165) is 32.4 Å². The van der Waals surface area contributed by atoms with Crippen molar-refractivity contribution in [3.63, 3.8) is 0 Å². The van der Waals surface area contributed by atoms with Crippen LogP contribution in [0.5, 0.6) is 0 Å². The number of nitrogens with one attached hydrogen (secondary N) is 1. The molecule has 0 aromatic heterocycles. The summed E-state index contributed by atoms with van der Waals surface area (Å²) in [5.74, 6) is 0.413. The van der Waals surface area contributed by atoms with Gasteiger partial charge in [0.1, 0.15) is 0 Å². The van der Waals surface area contributed by atoms with Crippen LogP contribution < -0.4 is 5.32 Å². The third-order valence-corrected chi connectivity index (χ3v) is 4.10. The minimum Gasteiger partial charge on any atom is -0.378 e. The second-order valence-electron chi connectivity index (χ2n) is 4.36. The predicted molar refractivity (Wildman–Crippen MR) is 64.2 cm³/mol. The van der Waals surface area contributed by atoms with Gasteiger partial charge in [-0.05, 0) is 25.2 Å². The molecule has 3 nitrogen and oxygen atoms in total. The van der Waals surface area contributed by atoms with Gasteiger partial charge in [-0.25, -0.2) is 0 Å². The van der Waals surface area contributed by atoms with Gasteiger partial charge >= 0.3 is 0 Å². The first kappa shape index (κ1) is 13.0. The highest BCUT2D eigenvalue weighted by atomic mass is 79.9. The van der Waals surface area contributed by atoms with E-state index in [0.29, 0.717) is 12.0 Å². The summed E-state index contributed by atoms with van der Waals surface area (Å²) < 4.78 is 5.48. The second-order valence-corrected chi connectivity index (χ2v) is 5.35. The summed E-state index contributed by atoms with van der Waals surface area (Å²) in [5, 5.41) is 2.92. The Balaban J connectivity index is 2.11. The van der Waals surface area contributed by atoms with Crippen LogP contribution in [0.2, 0.25) is 0 Å². The van der Waals surface area contributed by atoms with Crippen LogP contribution >= 0.6 is 15.9 Å². The van der Waals surface area contributed by atoms with Crippen LogP contribution in [0.4, 0.5) is 0 Å². The lowest BCUT2D eigenvalue weighted by atomic mass is 10.1. The summed E-state index contributed by atoms with van der Waals surface area (Å²) in [6.07, 6.45) is 3.59. The Bertz CT molecular complexity index is 203. The third kappa shape index (κ3) is 4.51. The highest BCUT2D eigenvalue weighted by Crippen LogP contribution is 2.15. The minimum absolute atomic E-state index is 0.0815. The van der Waals surface area contributed by atoms with Crippen molar-refractivity contribution in [2.45, 2.75) is 44.0 Å². The van der Waals surface area contributed by atoms with Gasteiger partial charge in [0.05, 0.1) is 10.9 Å². The van der Waals surface area contributed by atoms with Crippen LogP contribution in [-0.2, 0) is 9.53 Å². The van der Waals surface area contributed by atoms with Crippen LogP contribution in [0.15, 0.2) is 0 Å². The number of hydrogen-bond donors (Lipinski definition) is 1. The predicted octanol–water partition coefficient (Wildman–Crippen LogP) is 2.09. The second kappa shape index (κ2) is 6.48. The van der Waals surface area contributed by atoms with Gasteiger partial charge in [-0.3, -0.25) is 4.79 Å². The van der Waals surface area contributed by atoms with Crippen molar-refractivity contribution in [3.8, 4) is 0 Å². The van der Waals surface area contributed by atoms with E-state index in [-0.39, 0.29) is 10.7 Å². The van der Waals surface area contributed by atoms with Gasteiger partial charge < -0.3 is 10.1 Å². The third-order valence-electron chi connectivity index (χ3n) is 2.63. The maximum atomic E-state index is 11.6. The van der Waals surface area contributed by atoms with Crippen LogP contribution in [0.1, 0.15) is 33.1 Å². The fourth-order valence-electron chi connectivity index (χ4n) is 1.63. The number of halogens is 1. The molecule has 1 saturated heterocycles. The van der Waals surface area contributed by atoms with Crippen LogP contribution in [0.25, 0.3) is 0 Å². The number of amides is 1. The largest absolute Gasteiger partial charge is 0.378 e. The van der Waals surface area contributed by atoms with Crippen LogP contribution in [0, 0.1) is 5.92 Å². The summed E-state index contributed by atoms with van der Waals surface area (Å²) in [5.41, 5.74) is 0. The van der Waals surface area contributed by atoms with E-state index in [1.54, 1.807) is 0 Å². The van der Waals surface area contributed by atoms with Crippen molar-refractivity contribution in [3.05, 3.63) is 0 Å². The molecule has 1 aliphatic heterocycles. The number of ether oxygens (including phenoxy) is 1. The lowest BCUT2D eigenvalue weighted by molar-refractivity contribution is -0.121. The zero-order valence-corrected chi connectivity index (χ0v) is 11.0. The van der Waals surface area contributed by atoms with Crippen molar-refractivity contribution in [2.75, 3.05) is 13.2 Å². The van der Waals surface area contributed by atoms with E-state index >= 15 is 0 Å². The van der Waals surface area contributed by atoms with Crippen LogP contribution in [-0.4, -0.2) is 30.0 Å². The molecule has 15 heavy (non-hydrogen) atoms.